The van der Waals surface area contributed by atoms with Crippen LogP contribution in [0.5, 0.6) is 0 Å². The molecule has 0 amide bonds. The van der Waals surface area contributed by atoms with Gasteiger partial charge in [-0.3, -0.25) is 4.89 Å². The third kappa shape index (κ3) is 2.82. The second kappa shape index (κ2) is 4.65. The molecule has 0 aromatic rings. The zero-order chi connectivity index (χ0) is 9.72. The van der Waals surface area contributed by atoms with Crippen LogP contribution in [0.25, 0.3) is 0 Å². The fourth-order valence-corrected chi connectivity index (χ4v) is 0.395. The van der Waals surface area contributed by atoms with Crippen LogP contribution in [0.15, 0.2) is 0 Å². The molecule has 0 spiro atoms. The van der Waals surface area contributed by atoms with E-state index in [0.29, 0.717) is 0 Å². The summed E-state index contributed by atoms with van der Waals surface area (Å²) in [6.07, 6.45) is -4.37. The van der Waals surface area contributed by atoms with E-state index >= 15 is 0 Å². The van der Waals surface area contributed by atoms with E-state index in [1.54, 1.807) is 0 Å². The monoisotopic (exact) mass is 180 g/mol. The second-order valence-corrected chi connectivity index (χ2v) is 1.80. The number of carboxylic acid groups (broad SMARTS) is 1. The summed E-state index contributed by atoms with van der Waals surface area (Å²) in [7, 11) is 0.998. The molecule has 0 aromatic heterocycles. The molecule has 12 heavy (non-hydrogen) atoms. The SMILES string of the molecule is COOC(=O)[C@H](O)[C@@H](O)C(=O)O. The van der Waals surface area contributed by atoms with Crippen LogP contribution in [-0.2, 0) is 19.4 Å². The van der Waals surface area contributed by atoms with Crippen molar-refractivity contribution in [3.05, 3.63) is 0 Å². The Hall–Kier alpha value is -1.18. The van der Waals surface area contributed by atoms with Crippen LogP contribution in [0.3, 0.4) is 0 Å². The predicted octanol–water partition coefficient (Wildman–Crippen LogP) is -2.10. The molecule has 0 aliphatic heterocycles. The molecule has 0 unspecified atom stereocenters. The summed E-state index contributed by atoms with van der Waals surface area (Å²) in [5.41, 5.74) is 0. The first-order chi connectivity index (χ1) is 5.50. The Balaban J connectivity index is 4.09. The van der Waals surface area contributed by atoms with Crippen LogP contribution in [-0.4, -0.2) is 46.6 Å². The van der Waals surface area contributed by atoms with Gasteiger partial charge in [-0.2, -0.15) is 4.89 Å². The molecule has 7 heteroatoms. The highest BCUT2D eigenvalue weighted by Crippen LogP contribution is 1.96. The highest BCUT2D eigenvalue weighted by Gasteiger charge is 2.31. The van der Waals surface area contributed by atoms with Crippen LogP contribution >= 0.6 is 0 Å². The van der Waals surface area contributed by atoms with Crippen molar-refractivity contribution in [2.24, 2.45) is 0 Å². The summed E-state index contributed by atoms with van der Waals surface area (Å²) in [5, 5.41) is 25.4. The summed E-state index contributed by atoms with van der Waals surface area (Å²) in [4.78, 5) is 28.1. The van der Waals surface area contributed by atoms with Crippen LogP contribution in [0.2, 0.25) is 0 Å². The zero-order valence-electron chi connectivity index (χ0n) is 6.13. The number of aliphatic hydroxyl groups is 2. The molecule has 7 nitrogen and oxygen atoms in total. The summed E-state index contributed by atoms with van der Waals surface area (Å²) in [6, 6.07) is 0. The minimum atomic E-state index is -2.22. The minimum absolute atomic E-state index is 0.998. The van der Waals surface area contributed by atoms with Crippen molar-refractivity contribution >= 4 is 11.9 Å². The van der Waals surface area contributed by atoms with Crippen molar-refractivity contribution in [1.29, 1.82) is 0 Å². The van der Waals surface area contributed by atoms with Crippen molar-refractivity contribution in [2.45, 2.75) is 12.2 Å². The van der Waals surface area contributed by atoms with Crippen LogP contribution in [0.1, 0.15) is 0 Å². The maximum Gasteiger partial charge on any atom is 0.373 e. The van der Waals surface area contributed by atoms with Crippen molar-refractivity contribution in [3.63, 3.8) is 0 Å². The Morgan fingerprint density at radius 3 is 2.08 bits per heavy atom. The molecule has 0 heterocycles. The topological polar surface area (TPSA) is 113 Å². The van der Waals surface area contributed by atoms with Crippen LogP contribution < -0.4 is 0 Å². The number of hydrogen-bond donors (Lipinski definition) is 3. The lowest BCUT2D eigenvalue weighted by Gasteiger charge is -2.10. The van der Waals surface area contributed by atoms with Gasteiger partial charge in [-0.1, -0.05) is 0 Å². The molecule has 70 valence electrons. The molecule has 0 rings (SSSR count). The predicted molar refractivity (Wildman–Crippen MR) is 32.8 cm³/mol. The molecule has 3 N–H and O–H groups in total. The maximum absolute atomic E-state index is 10.5. The number of hydrogen-bond acceptors (Lipinski definition) is 6. The van der Waals surface area contributed by atoms with Crippen molar-refractivity contribution < 1.29 is 34.7 Å². The van der Waals surface area contributed by atoms with Crippen molar-refractivity contribution in [3.8, 4) is 0 Å². The molecule has 0 saturated heterocycles. The first kappa shape index (κ1) is 10.8. The third-order valence-corrected chi connectivity index (χ3v) is 0.959. The van der Waals surface area contributed by atoms with E-state index in [4.69, 9.17) is 15.3 Å². The highest BCUT2D eigenvalue weighted by atomic mass is 17.2. The fraction of sp³-hybridized carbons (Fsp3) is 0.600. The van der Waals surface area contributed by atoms with Gasteiger partial charge in [-0.05, 0) is 0 Å². The van der Waals surface area contributed by atoms with Gasteiger partial charge in [0.05, 0.1) is 7.11 Å². The van der Waals surface area contributed by atoms with Gasteiger partial charge in [-0.25, -0.2) is 9.59 Å². The Morgan fingerprint density at radius 1 is 1.25 bits per heavy atom. The molecular formula is C5H8O7. The number of carboxylic acids is 1. The van der Waals surface area contributed by atoms with Gasteiger partial charge in [0.25, 0.3) is 0 Å². The Labute approximate surface area is 67.1 Å². The average Bonchev–Trinajstić information content (AvgIpc) is 2.02. The van der Waals surface area contributed by atoms with Gasteiger partial charge in [0.15, 0.2) is 12.2 Å². The summed E-state index contributed by atoms with van der Waals surface area (Å²) in [5.74, 6) is -3.09. The summed E-state index contributed by atoms with van der Waals surface area (Å²) >= 11 is 0. The Kier molecular flexibility index (Phi) is 4.19. The van der Waals surface area contributed by atoms with Gasteiger partial charge in [0, 0.05) is 0 Å². The molecule has 0 saturated carbocycles. The lowest BCUT2D eigenvalue weighted by atomic mass is 10.2. The fourth-order valence-electron chi connectivity index (χ4n) is 0.395. The first-order valence-electron chi connectivity index (χ1n) is 2.84. The quantitative estimate of drug-likeness (QED) is 0.335. The molecule has 0 fully saturated rings. The van der Waals surface area contributed by atoms with E-state index in [1.165, 1.54) is 0 Å². The molecule has 2 atom stereocenters. The molecule has 0 aliphatic rings. The van der Waals surface area contributed by atoms with E-state index < -0.39 is 24.1 Å². The zero-order valence-corrected chi connectivity index (χ0v) is 6.13. The maximum atomic E-state index is 10.5. The number of aliphatic hydroxyl groups excluding tert-OH is 2. The smallest absolute Gasteiger partial charge is 0.373 e. The number of aliphatic carboxylic acids is 1. The number of carbonyl (C=O) groups excluding carboxylic acids is 1. The average molecular weight is 180 g/mol. The van der Waals surface area contributed by atoms with Gasteiger partial charge >= 0.3 is 11.9 Å². The summed E-state index contributed by atoms with van der Waals surface area (Å²) < 4.78 is 0. The largest absolute Gasteiger partial charge is 0.479 e. The third-order valence-electron chi connectivity index (χ3n) is 0.959. The van der Waals surface area contributed by atoms with Gasteiger partial charge < -0.3 is 15.3 Å². The number of carbonyl (C=O) groups is 2. The lowest BCUT2D eigenvalue weighted by Crippen LogP contribution is -2.40. The first-order valence-corrected chi connectivity index (χ1v) is 2.84. The summed E-state index contributed by atoms with van der Waals surface area (Å²) in [6.45, 7) is 0. The molecular weight excluding hydrogens is 172 g/mol. The van der Waals surface area contributed by atoms with Gasteiger partial charge in [0.1, 0.15) is 0 Å². The lowest BCUT2D eigenvalue weighted by molar-refractivity contribution is -0.265. The van der Waals surface area contributed by atoms with Gasteiger partial charge in [-0.15, -0.1) is 0 Å². The Bertz CT molecular complexity index is 177. The standard InChI is InChI=1S/C5H8O7/c1-11-12-5(10)3(7)2(6)4(8)9/h2-3,6-7H,1H3,(H,8,9)/t2-,3-/m1/s1. The molecule has 0 radical (unpaired) electrons. The number of rotatable bonds is 4. The molecule has 0 aliphatic carbocycles. The van der Waals surface area contributed by atoms with Crippen LogP contribution in [0, 0.1) is 0 Å². The molecule has 0 bridgehead atoms. The minimum Gasteiger partial charge on any atom is -0.479 e. The normalized spacial score (nSPS) is 14.9. The van der Waals surface area contributed by atoms with E-state index in [-0.39, 0.29) is 0 Å². The van der Waals surface area contributed by atoms with E-state index in [0.717, 1.165) is 7.11 Å². The van der Waals surface area contributed by atoms with E-state index in [1.807, 2.05) is 0 Å². The van der Waals surface area contributed by atoms with Crippen LogP contribution in [0.4, 0.5) is 0 Å². The van der Waals surface area contributed by atoms with E-state index in [9.17, 15) is 9.59 Å². The van der Waals surface area contributed by atoms with E-state index in [2.05, 4.69) is 9.78 Å². The van der Waals surface area contributed by atoms with Crippen molar-refractivity contribution in [2.75, 3.05) is 7.11 Å². The Morgan fingerprint density at radius 2 is 1.75 bits per heavy atom. The molecule has 0 aromatic carbocycles. The van der Waals surface area contributed by atoms with Gasteiger partial charge in [0.2, 0.25) is 0 Å². The van der Waals surface area contributed by atoms with Crippen molar-refractivity contribution in [1.82, 2.24) is 0 Å². The highest BCUT2D eigenvalue weighted by molar-refractivity contribution is 5.83. The second-order valence-electron chi connectivity index (χ2n) is 1.80.